The summed E-state index contributed by atoms with van der Waals surface area (Å²) in [5.41, 5.74) is 8.49. The van der Waals surface area contributed by atoms with E-state index in [9.17, 15) is 0 Å². The molecule has 0 aliphatic rings. The van der Waals surface area contributed by atoms with Crippen LogP contribution in [0.2, 0.25) is 0 Å². The Balaban J connectivity index is 0.000000214. The Morgan fingerprint density at radius 2 is 0.855 bits per heavy atom. The molecule has 0 aliphatic heterocycles. The lowest BCUT2D eigenvalue weighted by Crippen LogP contribution is -2.10. The van der Waals surface area contributed by atoms with Gasteiger partial charge in [0.25, 0.3) is 0 Å². The number of benzene rings is 6. The molecule has 3 heteroatoms. The molecule has 0 spiro atoms. The summed E-state index contributed by atoms with van der Waals surface area (Å²) in [4.78, 5) is 0. The van der Waals surface area contributed by atoms with E-state index in [1.54, 1.807) is 0 Å². The first kappa shape index (κ1) is 44.5. The lowest BCUT2D eigenvalue weighted by atomic mass is 9.86. The maximum absolute atomic E-state index is 6.01. The summed E-state index contributed by atoms with van der Waals surface area (Å²) in [6, 6.07) is 44.7. The largest absolute Gasteiger partial charge is 0.456 e. The highest BCUT2D eigenvalue weighted by molar-refractivity contribution is 7.26. The first-order valence-corrected chi connectivity index (χ1v) is 18.7. The van der Waals surface area contributed by atoms with Crippen LogP contribution in [0.5, 0.6) is 0 Å². The van der Waals surface area contributed by atoms with Crippen molar-refractivity contribution in [2.24, 2.45) is 0 Å². The Hall–Kier alpha value is -4.86. The van der Waals surface area contributed by atoms with Crippen molar-refractivity contribution in [3.8, 4) is 0 Å². The molecule has 0 saturated carbocycles. The van der Waals surface area contributed by atoms with Gasteiger partial charge in [-0.3, -0.25) is 0 Å². The van der Waals surface area contributed by atoms with Gasteiger partial charge in [-0.15, -0.1) is 11.3 Å². The molecule has 0 bridgehead atoms. The van der Waals surface area contributed by atoms with E-state index in [2.05, 4.69) is 165 Å². The number of fused-ring (bicyclic) bond motifs is 9. The molecule has 0 amide bonds. The normalized spacial score (nSPS) is 11.5. The lowest BCUT2D eigenvalue weighted by Gasteiger charge is -2.19. The summed E-state index contributed by atoms with van der Waals surface area (Å²) in [6.45, 7) is 20.2. The van der Waals surface area contributed by atoms with E-state index in [4.69, 9.17) is 8.83 Å². The van der Waals surface area contributed by atoms with E-state index in [1.807, 2.05) is 35.6 Å². The van der Waals surface area contributed by atoms with E-state index in [-0.39, 0.29) is 46.0 Å². The van der Waals surface area contributed by atoms with Gasteiger partial charge in [-0.2, -0.15) is 0 Å². The van der Waals surface area contributed by atoms with Crippen LogP contribution in [-0.4, -0.2) is 0 Å². The van der Waals surface area contributed by atoms with Gasteiger partial charge in [0.15, 0.2) is 0 Å². The Bertz CT molecular complexity index is 2500. The predicted molar refractivity (Wildman–Crippen MR) is 250 cm³/mol. The molecule has 0 unspecified atom stereocenters. The molecule has 9 rings (SSSR count). The third-order valence-corrected chi connectivity index (χ3v) is 10.9. The first-order valence-electron chi connectivity index (χ1n) is 17.9. The van der Waals surface area contributed by atoms with E-state index < -0.39 is 0 Å². The van der Waals surface area contributed by atoms with Crippen LogP contribution in [0.25, 0.3) is 64.0 Å². The minimum Gasteiger partial charge on any atom is -0.456 e. The molecule has 55 heavy (non-hydrogen) atoms. The van der Waals surface area contributed by atoms with Crippen molar-refractivity contribution in [1.29, 1.82) is 0 Å². The second kappa shape index (κ2) is 16.9. The number of thiophene rings is 1. The van der Waals surface area contributed by atoms with E-state index in [0.29, 0.717) is 0 Å². The second-order valence-corrected chi connectivity index (χ2v) is 17.7. The maximum atomic E-state index is 6.01. The highest BCUT2D eigenvalue weighted by Gasteiger charge is 2.21. The number of para-hydroxylation sites is 3. The van der Waals surface area contributed by atoms with Gasteiger partial charge in [0.1, 0.15) is 22.3 Å². The fraction of sp³-hybridized carbons (Fsp3) is 0.308. The molecular weight excluding hydrogens is 689 g/mol. The summed E-state index contributed by atoms with van der Waals surface area (Å²) in [7, 11) is 0. The molecule has 0 radical (unpaired) electrons. The van der Waals surface area contributed by atoms with E-state index in [0.717, 1.165) is 22.3 Å². The Labute approximate surface area is 335 Å². The molecule has 0 N–H and O–H groups in total. The van der Waals surface area contributed by atoms with E-state index in [1.165, 1.54) is 58.4 Å². The van der Waals surface area contributed by atoms with Crippen molar-refractivity contribution in [1.82, 2.24) is 0 Å². The van der Waals surface area contributed by atoms with Crippen LogP contribution in [0.15, 0.2) is 136 Å². The molecule has 6 aromatic carbocycles. The Morgan fingerprint density at radius 3 is 1.45 bits per heavy atom. The van der Waals surface area contributed by atoms with Gasteiger partial charge in [0.05, 0.1) is 0 Å². The van der Waals surface area contributed by atoms with Gasteiger partial charge < -0.3 is 8.83 Å². The SMILES string of the molecule is C.C.C.C.CC(C)(C)c1ccc2oc3ccccc3c2c1.CC(C)(C)c1cccc2c1oc1ccccc12.CC(C)(C)c1cccc2c1sc1ccccc12. The fourth-order valence-corrected chi connectivity index (χ4v) is 8.29. The molecule has 2 nitrogen and oxygen atoms in total. The van der Waals surface area contributed by atoms with Crippen molar-refractivity contribution in [2.45, 2.75) is 108 Å². The number of rotatable bonds is 0. The number of hydrogen-bond donors (Lipinski definition) is 0. The van der Waals surface area contributed by atoms with Crippen LogP contribution in [-0.2, 0) is 16.2 Å². The van der Waals surface area contributed by atoms with Crippen LogP contribution in [0.4, 0.5) is 0 Å². The van der Waals surface area contributed by atoms with Crippen molar-refractivity contribution in [3.05, 3.63) is 144 Å². The number of furan rings is 2. The van der Waals surface area contributed by atoms with Gasteiger partial charge in [-0.1, -0.05) is 189 Å². The maximum Gasteiger partial charge on any atom is 0.139 e. The average molecular weight is 753 g/mol. The van der Waals surface area contributed by atoms with Gasteiger partial charge >= 0.3 is 0 Å². The quantitative estimate of drug-likeness (QED) is 0.154. The Kier molecular flexibility index (Phi) is 13.7. The highest BCUT2D eigenvalue weighted by atomic mass is 32.1. The van der Waals surface area contributed by atoms with Crippen molar-refractivity contribution >= 4 is 75.4 Å². The lowest BCUT2D eigenvalue weighted by molar-refractivity contribution is 0.573. The molecule has 0 fully saturated rings. The summed E-state index contributed by atoms with van der Waals surface area (Å²) in [6.07, 6.45) is 0. The smallest absolute Gasteiger partial charge is 0.139 e. The first-order chi connectivity index (χ1) is 24.2. The van der Waals surface area contributed by atoms with Gasteiger partial charge in [0.2, 0.25) is 0 Å². The molecule has 0 aliphatic carbocycles. The topological polar surface area (TPSA) is 26.3 Å². The third-order valence-electron chi connectivity index (χ3n) is 9.67. The summed E-state index contributed by atoms with van der Waals surface area (Å²) >= 11 is 1.92. The zero-order valence-electron chi connectivity index (χ0n) is 31.3. The average Bonchev–Trinajstić information content (AvgIpc) is 3.78. The monoisotopic (exact) mass is 752 g/mol. The molecular formula is C52H64O2S. The van der Waals surface area contributed by atoms with Crippen LogP contribution in [0, 0.1) is 0 Å². The zero-order valence-corrected chi connectivity index (χ0v) is 32.2. The van der Waals surface area contributed by atoms with Crippen LogP contribution in [0.1, 0.15) is 109 Å². The summed E-state index contributed by atoms with van der Waals surface area (Å²) in [5, 5.41) is 7.62. The fourth-order valence-electron chi connectivity index (χ4n) is 6.87. The van der Waals surface area contributed by atoms with Crippen molar-refractivity contribution in [2.75, 3.05) is 0 Å². The summed E-state index contributed by atoms with van der Waals surface area (Å²) < 4.78 is 14.7. The van der Waals surface area contributed by atoms with Crippen molar-refractivity contribution < 1.29 is 8.83 Å². The van der Waals surface area contributed by atoms with Crippen LogP contribution in [0.3, 0.4) is 0 Å². The molecule has 3 heterocycles. The highest BCUT2D eigenvalue weighted by Crippen LogP contribution is 2.40. The molecule has 3 aromatic heterocycles. The third kappa shape index (κ3) is 8.84. The minimum absolute atomic E-state index is 0. The van der Waals surface area contributed by atoms with Gasteiger partial charge in [0, 0.05) is 47.3 Å². The van der Waals surface area contributed by atoms with Crippen molar-refractivity contribution in [3.63, 3.8) is 0 Å². The minimum atomic E-state index is 0. The van der Waals surface area contributed by atoms with Gasteiger partial charge in [-0.25, -0.2) is 0 Å². The van der Waals surface area contributed by atoms with Gasteiger partial charge in [-0.05, 0) is 57.7 Å². The Morgan fingerprint density at radius 1 is 0.382 bits per heavy atom. The van der Waals surface area contributed by atoms with Crippen LogP contribution < -0.4 is 0 Å². The molecule has 9 aromatic rings. The summed E-state index contributed by atoms with van der Waals surface area (Å²) in [5.74, 6) is 0. The molecule has 0 saturated heterocycles. The van der Waals surface area contributed by atoms with E-state index >= 15 is 0 Å². The molecule has 0 atom stereocenters. The second-order valence-electron chi connectivity index (χ2n) is 16.6. The number of hydrogen-bond acceptors (Lipinski definition) is 3. The predicted octanol–water partition coefficient (Wildman–Crippen LogP) is 17.7. The zero-order chi connectivity index (χ0) is 36.1. The molecule has 290 valence electrons. The standard InChI is InChI=1S/2C16H16O.C16H16S.4CH4/c1-16(2,3)13-9-6-8-12-11-7-4-5-10-14(11)17-15(12)13;1-16(2,3)11-8-9-15-13(10-11)12-6-4-5-7-14(12)17-15;1-16(2,3)13-9-6-8-12-11-7-4-5-10-14(11)17-15(12)13;;;;/h3*4-10H,1-3H3;4*1H4. The van der Waals surface area contributed by atoms with Crippen LogP contribution >= 0.6 is 11.3 Å².